The first kappa shape index (κ1) is 33.8. The lowest BCUT2D eigenvalue weighted by Gasteiger charge is -2.31. The summed E-state index contributed by atoms with van der Waals surface area (Å²) >= 11 is 16.5. The molecule has 0 aliphatic carbocycles. The van der Waals surface area contributed by atoms with Crippen molar-refractivity contribution in [3.05, 3.63) is 128 Å². The van der Waals surface area contributed by atoms with Crippen LogP contribution in [0.15, 0.2) is 100 Å². The summed E-state index contributed by atoms with van der Waals surface area (Å²) in [5, 5.41) is 9.89. The number of carbonyl (C=O) groups excluding carboxylic acids is 1. The van der Waals surface area contributed by atoms with E-state index >= 15 is 0 Å². The van der Waals surface area contributed by atoms with Gasteiger partial charge in [-0.15, -0.1) is 0 Å². The molecule has 0 aromatic heterocycles. The molecule has 46 heavy (non-hydrogen) atoms. The Hall–Kier alpha value is -3.60. The molecule has 1 aliphatic rings. The lowest BCUT2D eigenvalue weighted by atomic mass is 9.82. The van der Waals surface area contributed by atoms with E-state index in [-0.39, 0.29) is 18.9 Å². The van der Waals surface area contributed by atoms with Gasteiger partial charge in [-0.1, -0.05) is 69.5 Å². The fourth-order valence-corrected chi connectivity index (χ4v) is 5.91. The van der Waals surface area contributed by atoms with Crippen molar-refractivity contribution in [2.24, 2.45) is 4.99 Å². The number of hydrazine groups is 1. The topological polar surface area (TPSA) is 101 Å². The minimum atomic E-state index is -1.44. The second kappa shape index (κ2) is 15.8. The third kappa shape index (κ3) is 8.21. The van der Waals surface area contributed by atoms with Gasteiger partial charge in [-0.3, -0.25) is 10.2 Å². The Bertz CT molecular complexity index is 1650. The molecule has 0 bridgehead atoms. The predicted octanol–water partition coefficient (Wildman–Crippen LogP) is 6.89. The maximum atomic E-state index is 14.4. The zero-order chi connectivity index (χ0) is 32.5. The Kier molecular flexibility index (Phi) is 11.6. The molecule has 11 heteroatoms. The van der Waals surface area contributed by atoms with E-state index in [1.807, 2.05) is 60.7 Å². The number of nitrogens with zero attached hydrogens (tertiary/aromatic N) is 1. The van der Waals surface area contributed by atoms with E-state index in [0.29, 0.717) is 58.8 Å². The van der Waals surface area contributed by atoms with Crippen molar-refractivity contribution in [2.75, 3.05) is 26.9 Å². The highest BCUT2D eigenvalue weighted by molar-refractivity contribution is 9.10. The van der Waals surface area contributed by atoms with E-state index in [1.54, 1.807) is 37.4 Å². The number of amides is 1. The van der Waals surface area contributed by atoms with Crippen molar-refractivity contribution in [1.29, 1.82) is 0 Å². The Morgan fingerprint density at radius 2 is 1.67 bits per heavy atom. The van der Waals surface area contributed by atoms with Gasteiger partial charge in [-0.05, 0) is 78.2 Å². The van der Waals surface area contributed by atoms with Gasteiger partial charge in [-0.2, -0.15) is 0 Å². The van der Waals surface area contributed by atoms with Crippen molar-refractivity contribution < 1.29 is 24.1 Å². The highest BCUT2D eigenvalue weighted by Gasteiger charge is 2.54. The van der Waals surface area contributed by atoms with Gasteiger partial charge in [0.1, 0.15) is 11.5 Å². The van der Waals surface area contributed by atoms with Crippen molar-refractivity contribution in [3.63, 3.8) is 0 Å². The van der Waals surface area contributed by atoms with Crippen LogP contribution in [-0.2, 0) is 22.4 Å². The maximum Gasteiger partial charge on any atom is 0.266 e. The van der Waals surface area contributed by atoms with E-state index in [1.165, 1.54) is 0 Å². The lowest BCUT2D eigenvalue weighted by molar-refractivity contribution is -0.130. The Balaban J connectivity index is 1.47. The number of aliphatic hydroxyl groups is 1. The second-order valence-electron chi connectivity index (χ2n) is 10.7. The molecule has 4 aromatic carbocycles. The molecule has 8 nitrogen and oxygen atoms in total. The molecule has 0 radical (unpaired) electrons. The Morgan fingerprint density at radius 3 is 2.35 bits per heavy atom. The molecule has 1 aliphatic heterocycles. The molecule has 0 unspecified atom stereocenters. The summed E-state index contributed by atoms with van der Waals surface area (Å²) in [7, 11) is 1.63. The number of benzene rings is 4. The molecular formula is C35H34BrCl2N3O5. The number of rotatable bonds is 14. The van der Waals surface area contributed by atoms with Gasteiger partial charge in [0.05, 0.1) is 13.7 Å². The van der Waals surface area contributed by atoms with Gasteiger partial charge in [-0.25, -0.2) is 10.4 Å². The molecule has 0 spiro atoms. The van der Waals surface area contributed by atoms with Gasteiger partial charge in [0, 0.05) is 51.6 Å². The van der Waals surface area contributed by atoms with E-state index in [2.05, 4.69) is 26.8 Å². The van der Waals surface area contributed by atoms with E-state index < -0.39 is 11.6 Å². The first-order chi connectivity index (χ1) is 22.3. The standard InChI is InChI=1S/C35H34BrCl2N3O5/c1-44-28-12-5-23(6-13-28)17-18-39-41-34(43)35(22-24-3-9-26(36)10-4-24)32(30-16-11-27(37)21-31(30)38)46-33(40-35)25-7-14-29(15-8-25)45-20-2-19-42/h3-16,21,32,39,42H,2,17-20,22H2,1H3,(H,41,43)/t32-,35-/m0/s1. The fourth-order valence-electron chi connectivity index (χ4n) is 5.14. The third-order valence-corrected chi connectivity index (χ3v) is 8.65. The van der Waals surface area contributed by atoms with Crippen molar-refractivity contribution in [1.82, 2.24) is 10.9 Å². The number of aliphatic hydroxyl groups excluding tert-OH is 1. The van der Waals surface area contributed by atoms with Gasteiger partial charge in [0.15, 0.2) is 11.6 Å². The van der Waals surface area contributed by atoms with Gasteiger partial charge in [0.2, 0.25) is 5.90 Å². The molecule has 4 aromatic rings. The predicted molar refractivity (Wildman–Crippen MR) is 184 cm³/mol. The number of aliphatic imine (C=N–C) groups is 1. The van der Waals surface area contributed by atoms with E-state index in [0.717, 1.165) is 21.3 Å². The molecule has 0 saturated heterocycles. The number of halogens is 3. The molecule has 2 atom stereocenters. The van der Waals surface area contributed by atoms with Crippen LogP contribution in [0.4, 0.5) is 0 Å². The number of hydrogen-bond acceptors (Lipinski definition) is 7. The van der Waals surface area contributed by atoms with E-state index in [9.17, 15) is 4.79 Å². The van der Waals surface area contributed by atoms with Crippen molar-refractivity contribution in [2.45, 2.75) is 30.9 Å². The molecular weight excluding hydrogens is 693 g/mol. The molecule has 0 saturated carbocycles. The molecule has 1 amide bonds. The molecule has 3 N–H and O–H groups in total. The van der Waals surface area contributed by atoms with Crippen LogP contribution in [0.3, 0.4) is 0 Å². The molecule has 0 fully saturated rings. The van der Waals surface area contributed by atoms with Crippen LogP contribution in [0.5, 0.6) is 11.5 Å². The highest BCUT2D eigenvalue weighted by Crippen LogP contribution is 2.45. The maximum absolute atomic E-state index is 14.4. The minimum Gasteiger partial charge on any atom is -0.497 e. The lowest BCUT2D eigenvalue weighted by Crippen LogP contribution is -2.54. The Morgan fingerprint density at radius 1 is 0.978 bits per heavy atom. The summed E-state index contributed by atoms with van der Waals surface area (Å²) in [4.78, 5) is 19.4. The van der Waals surface area contributed by atoms with Crippen molar-refractivity contribution >= 4 is 50.9 Å². The number of ether oxygens (including phenoxy) is 3. The largest absolute Gasteiger partial charge is 0.497 e. The summed E-state index contributed by atoms with van der Waals surface area (Å²) in [6.07, 6.45) is 0.554. The monoisotopic (exact) mass is 725 g/mol. The zero-order valence-electron chi connectivity index (χ0n) is 25.1. The number of methoxy groups -OCH3 is 1. The van der Waals surface area contributed by atoms with Crippen molar-refractivity contribution in [3.8, 4) is 11.5 Å². The SMILES string of the molecule is COc1ccc(CCNNC(=O)[C@@]2(Cc3ccc(Br)cc3)N=C(c3ccc(OCCCO)cc3)O[C@H]2c2ccc(Cl)cc2Cl)cc1. The van der Waals surface area contributed by atoms with Crippen LogP contribution in [-0.4, -0.2) is 49.3 Å². The highest BCUT2D eigenvalue weighted by atomic mass is 79.9. The fraction of sp³-hybridized carbons (Fsp3) is 0.257. The zero-order valence-corrected chi connectivity index (χ0v) is 28.2. The van der Waals surface area contributed by atoms with E-state index in [4.69, 9.17) is 47.5 Å². The first-order valence-electron chi connectivity index (χ1n) is 14.8. The summed E-state index contributed by atoms with van der Waals surface area (Å²) in [6.45, 7) is 0.927. The smallest absolute Gasteiger partial charge is 0.266 e. The average Bonchev–Trinajstić information content (AvgIpc) is 3.44. The van der Waals surface area contributed by atoms with Crippen LogP contribution < -0.4 is 20.3 Å². The van der Waals surface area contributed by atoms with Gasteiger partial charge >= 0.3 is 0 Å². The summed E-state index contributed by atoms with van der Waals surface area (Å²) < 4.78 is 18.4. The van der Waals surface area contributed by atoms with Crippen LogP contribution in [0.25, 0.3) is 0 Å². The van der Waals surface area contributed by atoms with Crippen LogP contribution in [0.2, 0.25) is 10.0 Å². The third-order valence-electron chi connectivity index (χ3n) is 7.56. The summed E-state index contributed by atoms with van der Waals surface area (Å²) in [5.41, 5.74) is 7.78. The van der Waals surface area contributed by atoms with Crippen LogP contribution in [0, 0.1) is 0 Å². The van der Waals surface area contributed by atoms with Gasteiger partial charge in [0.25, 0.3) is 5.91 Å². The summed E-state index contributed by atoms with van der Waals surface area (Å²) in [6, 6.07) is 27.9. The molecule has 1 heterocycles. The van der Waals surface area contributed by atoms with Gasteiger partial charge < -0.3 is 19.3 Å². The number of hydrogen-bond donors (Lipinski definition) is 3. The average molecular weight is 727 g/mol. The first-order valence-corrected chi connectivity index (χ1v) is 16.3. The molecule has 5 rings (SSSR count). The number of nitrogens with one attached hydrogen (secondary N) is 2. The molecule has 240 valence electrons. The summed E-state index contributed by atoms with van der Waals surface area (Å²) in [5.74, 6) is 1.35. The van der Waals surface area contributed by atoms with Crippen LogP contribution in [0.1, 0.15) is 34.8 Å². The second-order valence-corrected chi connectivity index (χ2v) is 12.5. The normalized spacial score (nSPS) is 17.2. The van der Waals surface area contributed by atoms with Crippen LogP contribution >= 0.6 is 39.1 Å². The number of carbonyl (C=O) groups is 1. The Labute approximate surface area is 286 Å². The minimum absolute atomic E-state index is 0.0518. The quantitative estimate of drug-likeness (QED) is 0.0967.